The van der Waals surface area contributed by atoms with Crippen molar-refractivity contribution in [2.45, 2.75) is 37.8 Å². The lowest BCUT2D eigenvalue weighted by Gasteiger charge is -2.35. The van der Waals surface area contributed by atoms with E-state index < -0.39 is 56.8 Å². The second-order valence-electron chi connectivity index (χ2n) is 8.24. The zero-order valence-electron chi connectivity index (χ0n) is 18.7. The van der Waals surface area contributed by atoms with Crippen molar-refractivity contribution in [3.8, 4) is 17.2 Å². The van der Waals surface area contributed by atoms with Crippen LogP contribution in [-0.2, 0) is 14.9 Å². The first-order chi connectivity index (χ1) is 16.2. The third kappa shape index (κ3) is 5.61. The molecule has 0 heterocycles. The molecule has 0 bridgehead atoms. The predicted molar refractivity (Wildman–Crippen MR) is 120 cm³/mol. The van der Waals surface area contributed by atoms with Crippen LogP contribution in [0.3, 0.4) is 0 Å². The Kier molecular flexibility index (Phi) is 7.21. The molecule has 0 amide bonds. The Morgan fingerprint density at radius 3 is 2.20 bits per heavy atom. The summed E-state index contributed by atoms with van der Waals surface area (Å²) in [7, 11) is -5.99. The van der Waals surface area contributed by atoms with Crippen molar-refractivity contribution in [1.82, 2.24) is 0 Å². The van der Waals surface area contributed by atoms with E-state index in [1.807, 2.05) is 0 Å². The minimum absolute atomic E-state index is 0.0538. The minimum atomic E-state index is -5.99. The number of carbonyl (C=O) groups excluding carboxylic acids is 1. The standard InChI is InChI=1S/C24H23F3O7S/c1-13(2)17-12-21(33-23(30)15-7-5-4-6-8-15)14(3)9-18(17)22-19(28)10-16(11-20(22)29)34-35(31,32)24(25,26)27/h4-11,17-18,21,28-29H,1,12H2,2-3H3/t17-,18+,21-/m0/s1. The number of alkyl halides is 3. The summed E-state index contributed by atoms with van der Waals surface area (Å²) in [5.74, 6) is -3.89. The molecular weight excluding hydrogens is 489 g/mol. The molecule has 0 fully saturated rings. The largest absolute Gasteiger partial charge is 0.534 e. The lowest BCUT2D eigenvalue weighted by atomic mass is 9.72. The van der Waals surface area contributed by atoms with Crippen LogP contribution in [0, 0.1) is 5.92 Å². The zero-order chi connectivity index (χ0) is 26.1. The van der Waals surface area contributed by atoms with Crippen LogP contribution >= 0.6 is 0 Å². The van der Waals surface area contributed by atoms with Gasteiger partial charge in [-0.1, -0.05) is 36.4 Å². The van der Waals surface area contributed by atoms with Gasteiger partial charge in [-0.15, -0.1) is 0 Å². The molecule has 1 aliphatic rings. The molecule has 0 spiro atoms. The lowest BCUT2D eigenvalue weighted by Crippen LogP contribution is -2.30. The number of phenolic OH excluding ortho intramolecular Hbond substituents is 2. The van der Waals surface area contributed by atoms with Crippen molar-refractivity contribution in [2.75, 3.05) is 0 Å². The maximum atomic E-state index is 12.6. The van der Waals surface area contributed by atoms with Gasteiger partial charge in [0.15, 0.2) is 0 Å². The maximum Gasteiger partial charge on any atom is 0.534 e. The monoisotopic (exact) mass is 512 g/mol. The topological polar surface area (TPSA) is 110 Å². The van der Waals surface area contributed by atoms with E-state index in [1.54, 1.807) is 50.3 Å². The van der Waals surface area contributed by atoms with Crippen LogP contribution in [0.25, 0.3) is 0 Å². The summed E-state index contributed by atoms with van der Waals surface area (Å²) < 4.78 is 70.0. The molecule has 188 valence electrons. The number of halogens is 3. The first kappa shape index (κ1) is 26.1. The van der Waals surface area contributed by atoms with Crippen LogP contribution in [-0.4, -0.2) is 36.2 Å². The molecule has 1 aliphatic carbocycles. The zero-order valence-corrected chi connectivity index (χ0v) is 19.6. The van der Waals surface area contributed by atoms with Crippen LogP contribution in [0.15, 0.2) is 66.3 Å². The molecule has 0 aromatic heterocycles. The summed E-state index contributed by atoms with van der Waals surface area (Å²) in [6, 6.07) is 9.75. The molecule has 3 rings (SSSR count). The SMILES string of the molecule is C=C(C)[C@@H]1C[C@H](OC(=O)c2ccccc2)C(C)=C[C@H]1c1c(O)cc(OS(=O)(=O)C(F)(F)F)cc1O. The fourth-order valence-corrected chi connectivity index (χ4v) is 4.38. The van der Waals surface area contributed by atoms with Gasteiger partial charge < -0.3 is 19.1 Å². The van der Waals surface area contributed by atoms with Crippen molar-refractivity contribution in [2.24, 2.45) is 5.92 Å². The van der Waals surface area contributed by atoms with Crippen LogP contribution in [0.1, 0.15) is 42.1 Å². The second-order valence-corrected chi connectivity index (χ2v) is 9.78. The van der Waals surface area contributed by atoms with Gasteiger partial charge in [0, 0.05) is 23.6 Å². The van der Waals surface area contributed by atoms with E-state index in [0.29, 0.717) is 28.8 Å². The van der Waals surface area contributed by atoms with Gasteiger partial charge in [0.1, 0.15) is 23.4 Å². The fraction of sp³-hybridized carbons (Fsp3) is 0.292. The van der Waals surface area contributed by atoms with E-state index in [0.717, 1.165) is 0 Å². The highest BCUT2D eigenvalue weighted by Crippen LogP contribution is 2.48. The van der Waals surface area contributed by atoms with E-state index in [2.05, 4.69) is 10.8 Å². The van der Waals surface area contributed by atoms with Gasteiger partial charge in [0.25, 0.3) is 0 Å². The first-order valence-corrected chi connectivity index (χ1v) is 11.8. The number of aromatic hydroxyl groups is 2. The number of hydrogen-bond donors (Lipinski definition) is 2. The quantitative estimate of drug-likeness (QED) is 0.238. The van der Waals surface area contributed by atoms with Crippen LogP contribution < -0.4 is 4.18 Å². The number of allylic oxidation sites excluding steroid dienone is 2. The van der Waals surface area contributed by atoms with Gasteiger partial charge in [0.2, 0.25) is 0 Å². The van der Waals surface area contributed by atoms with Crippen molar-refractivity contribution < 1.29 is 45.5 Å². The Morgan fingerprint density at radius 2 is 1.69 bits per heavy atom. The van der Waals surface area contributed by atoms with Gasteiger partial charge >= 0.3 is 21.6 Å². The summed E-state index contributed by atoms with van der Waals surface area (Å²) in [5, 5.41) is 21.0. The lowest BCUT2D eigenvalue weighted by molar-refractivity contribution is -0.0500. The maximum absolute atomic E-state index is 12.6. The van der Waals surface area contributed by atoms with E-state index in [4.69, 9.17) is 4.74 Å². The molecule has 0 aliphatic heterocycles. The number of esters is 1. The highest BCUT2D eigenvalue weighted by Gasteiger charge is 2.48. The molecule has 11 heteroatoms. The summed E-state index contributed by atoms with van der Waals surface area (Å²) >= 11 is 0. The Hall–Kier alpha value is -3.47. The van der Waals surface area contributed by atoms with Gasteiger partial charge in [-0.25, -0.2) is 4.79 Å². The van der Waals surface area contributed by atoms with Crippen molar-refractivity contribution in [1.29, 1.82) is 0 Å². The third-order valence-electron chi connectivity index (χ3n) is 5.68. The Balaban J connectivity index is 1.93. The van der Waals surface area contributed by atoms with Crippen molar-refractivity contribution >= 4 is 16.1 Å². The molecule has 7 nitrogen and oxygen atoms in total. The third-order valence-corrected chi connectivity index (χ3v) is 6.66. The van der Waals surface area contributed by atoms with Gasteiger partial charge in [-0.05, 0) is 43.9 Å². The molecule has 2 N–H and O–H groups in total. The highest BCUT2D eigenvalue weighted by atomic mass is 32.2. The molecule has 3 atom stereocenters. The Morgan fingerprint density at radius 1 is 1.11 bits per heavy atom. The van der Waals surface area contributed by atoms with Crippen molar-refractivity contribution in [3.63, 3.8) is 0 Å². The van der Waals surface area contributed by atoms with Crippen LogP contribution in [0.4, 0.5) is 13.2 Å². The average Bonchev–Trinajstić information content (AvgIpc) is 2.74. The number of ether oxygens (including phenoxy) is 1. The number of rotatable bonds is 6. The van der Waals surface area contributed by atoms with Gasteiger partial charge in [-0.3, -0.25) is 0 Å². The number of phenols is 2. The fourth-order valence-electron chi connectivity index (χ4n) is 3.94. The molecule has 2 aromatic rings. The van der Waals surface area contributed by atoms with Crippen LogP contribution in [0.5, 0.6) is 17.2 Å². The number of benzene rings is 2. The number of hydrogen-bond acceptors (Lipinski definition) is 7. The molecule has 0 saturated carbocycles. The smallest absolute Gasteiger partial charge is 0.507 e. The molecule has 0 saturated heterocycles. The molecular formula is C24H23F3O7S. The second kappa shape index (κ2) is 9.65. The average molecular weight is 513 g/mol. The highest BCUT2D eigenvalue weighted by molar-refractivity contribution is 7.88. The van der Waals surface area contributed by atoms with Gasteiger partial charge in [0.05, 0.1) is 5.56 Å². The van der Waals surface area contributed by atoms with E-state index >= 15 is 0 Å². The van der Waals surface area contributed by atoms with Crippen LogP contribution in [0.2, 0.25) is 0 Å². The molecule has 35 heavy (non-hydrogen) atoms. The number of carbonyl (C=O) groups is 1. The minimum Gasteiger partial charge on any atom is -0.507 e. The van der Waals surface area contributed by atoms with Crippen molar-refractivity contribution in [3.05, 3.63) is 77.4 Å². The van der Waals surface area contributed by atoms with Gasteiger partial charge in [-0.2, -0.15) is 21.6 Å². The molecule has 0 radical (unpaired) electrons. The normalized spacial score (nSPS) is 20.6. The van der Waals surface area contributed by atoms with E-state index in [9.17, 15) is 36.6 Å². The Labute approximate surface area is 200 Å². The van der Waals surface area contributed by atoms with E-state index in [-0.39, 0.29) is 12.0 Å². The van der Waals surface area contributed by atoms with E-state index in [1.165, 1.54) is 0 Å². The molecule has 2 aromatic carbocycles. The first-order valence-electron chi connectivity index (χ1n) is 10.4. The molecule has 0 unspecified atom stereocenters. The summed E-state index contributed by atoms with van der Waals surface area (Å²) in [5.41, 5.74) is -4.11. The summed E-state index contributed by atoms with van der Waals surface area (Å²) in [4.78, 5) is 12.5. The summed E-state index contributed by atoms with van der Waals surface area (Å²) in [6.45, 7) is 7.35. The Bertz CT molecular complexity index is 1240. The summed E-state index contributed by atoms with van der Waals surface area (Å²) in [6.07, 6.45) is 1.30. The predicted octanol–water partition coefficient (Wildman–Crippen LogP) is 5.18.